The van der Waals surface area contributed by atoms with Crippen molar-refractivity contribution in [2.75, 3.05) is 25.6 Å². The molecule has 140 valence electrons. The molecule has 5 nitrogen and oxygen atoms in total. The number of carbonyl (C=O) groups is 1. The molecule has 1 aromatic carbocycles. The van der Waals surface area contributed by atoms with Crippen LogP contribution in [0.5, 0.6) is 0 Å². The molecule has 1 aromatic rings. The van der Waals surface area contributed by atoms with Crippen molar-refractivity contribution >= 4 is 11.8 Å². The molecule has 5 heteroatoms. The zero-order valence-electron chi connectivity index (χ0n) is 16.6. The van der Waals surface area contributed by atoms with Gasteiger partial charge in [0.25, 0.3) is 0 Å². The topological polar surface area (TPSA) is 42.0 Å². The van der Waals surface area contributed by atoms with Gasteiger partial charge in [-0.2, -0.15) is 0 Å². The van der Waals surface area contributed by atoms with Crippen molar-refractivity contribution < 1.29 is 14.3 Å². The zero-order chi connectivity index (χ0) is 18.8. The molecule has 0 aliphatic carbocycles. The number of nitrogens with zero attached hydrogens (tertiary/aromatic N) is 2. The maximum Gasteiger partial charge on any atom is 0.412 e. The van der Waals surface area contributed by atoms with Crippen molar-refractivity contribution in [1.29, 1.82) is 0 Å². The number of amides is 1. The van der Waals surface area contributed by atoms with E-state index in [2.05, 4.69) is 29.2 Å². The lowest BCUT2D eigenvalue weighted by molar-refractivity contribution is -0.0626. The Balaban J connectivity index is 2.03. The highest BCUT2D eigenvalue weighted by atomic mass is 16.6. The van der Waals surface area contributed by atoms with Crippen LogP contribution in [0.2, 0.25) is 0 Å². The number of carbonyl (C=O) groups excluding carboxylic acids is 1. The highest BCUT2D eigenvalue weighted by Gasteiger charge is 2.45. The van der Waals surface area contributed by atoms with Crippen LogP contribution in [0.4, 0.5) is 10.5 Å². The van der Waals surface area contributed by atoms with E-state index in [0.717, 1.165) is 12.8 Å². The third kappa shape index (κ3) is 5.11. The van der Waals surface area contributed by atoms with Crippen LogP contribution in [0.25, 0.3) is 0 Å². The standard InChI is InChI=1S/C20H32N2O3/c1-19(2,3)25-18(23)22-17(14-24-20(22,4)5)13-10-15-8-11-16(12-9-15)21(6)7/h8-9,11-12,17H,10,13-14H2,1-7H3/t17-/m1/s1. The van der Waals surface area contributed by atoms with Crippen molar-refractivity contribution in [3.63, 3.8) is 0 Å². The highest BCUT2D eigenvalue weighted by molar-refractivity contribution is 5.69. The van der Waals surface area contributed by atoms with Gasteiger partial charge < -0.3 is 14.4 Å². The molecule has 0 saturated carbocycles. The molecule has 0 bridgehead atoms. The zero-order valence-corrected chi connectivity index (χ0v) is 16.6. The fourth-order valence-electron chi connectivity index (χ4n) is 3.07. The predicted octanol–water partition coefficient (Wildman–Crippen LogP) is 4.06. The summed E-state index contributed by atoms with van der Waals surface area (Å²) in [4.78, 5) is 16.5. The molecular weight excluding hydrogens is 316 g/mol. The van der Waals surface area contributed by atoms with E-state index in [4.69, 9.17) is 9.47 Å². The summed E-state index contributed by atoms with van der Waals surface area (Å²) < 4.78 is 11.4. The van der Waals surface area contributed by atoms with Crippen molar-refractivity contribution in [3.8, 4) is 0 Å². The smallest absolute Gasteiger partial charge is 0.412 e. The second-order valence-electron chi connectivity index (χ2n) is 8.36. The largest absolute Gasteiger partial charge is 0.444 e. The molecule has 1 heterocycles. The van der Waals surface area contributed by atoms with Crippen LogP contribution in [0.3, 0.4) is 0 Å². The molecule has 0 unspecified atom stereocenters. The second kappa shape index (κ2) is 7.24. The number of hydrogen-bond donors (Lipinski definition) is 0. The Kier molecular flexibility index (Phi) is 5.67. The van der Waals surface area contributed by atoms with Crippen molar-refractivity contribution in [3.05, 3.63) is 29.8 Å². The summed E-state index contributed by atoms with van der Waals surface area (Å²) in [7, 11) is 4.07. The predicted molar refractivity (Wildman–Crippen MR) is 101 cm³/mol. The number of rotatable bonds is 4. The van der Waals surface area contributed by atoms with Gasteiger partial charge in [-0.25, -0.2) is 4.79 Å². The lowest BCUT2D eigenvalue weighted by Gasteiger charge is -2.35. The van der Waals surface area contributed by atoms with E-state index >= 15 is 0 Å². The molecule has 0 aromatic heterocycles. The first-order valence-corrected chi connectivity index (χ1v) is 8.92. The Bertz CT molecular complexity index is 588. The third-order valence-electron chi connectivity index (χ3n) is 4.38. The van der Waals surface area contributed by atoms with Gasteiger partial charge in [0.2, 0.25) is 0 Å². The van der Waals surface area contributed by atoms with Gasteiger partial charge in [0.1, 0.15) is 11.3 Å². The van der Waals surface area contributed by atoms with Crippen LogP contribution in [0, 0.1) is 0 Å². The summed E-state index contributed by atoms with van der Waals surface area (Å²) >= 11 is 0. The van der Waals surface area contributed by atoms with E-state index < -0.39 is 11.3 Å². The molecule has 0 N–H and O–H groups in total. The highest BCUT2D eigenvalue weighted by Crippen LogP contribution is 2.31. The first-order valence-electron chi connectivity index (χ1n) is 8.92. The van der Waals surface area contributed by atoms with E-state index in [1.54, 1.807) is 4.90 Å². The van der Waals surface area contributed by atoms with Crippen LogP contribution in [-0.2, 0) is 15.9 Å². The number of anilines is 1. The second-order valence-corrected chi connectivity index (χ2v) is 8.36. The molecule has 0 radical (unpaired) electrons. The Hall–Kier alpha value is -1.75. The van der Waals surface area contributed by atoms with Crippen LogP contribution < -0.4 is 4.90 Å². The number of ether oxygens (including phenoxy) is 2. The Morgan fingerprint density at radius 3 is 2.40 bits per heavy atom. The summed E-state index contributed by atoms with van der Waals surface area (Å²) in [6.45, 7) is 10.0. The number of aryl methyl sites for hydroxylation is 1. The normalized spacial score (nSPS) is 19.8. The van der Waals surface area contributed by atoms with Crippen LogP contribution >= 0.6 is 0 Å². The average Bonchev–Trinajstić information content (AvgIpc) is 2.78. The van der Waals surface area contributed by atoms with E-state index in [-0.39, 0.29) is 12.1 Å². The Morgan fingerprint density at radius 1 is 1.28 bits per heavy atom. The minimum atomic E-state index is -0.637. The summed E-state index contributed by atoms with van der Waals surface area (Å²) in [5.74, 6) is 0. The van der Waals surface area contributed by atoms with Crippen molar-refractivity contribution in [2.45, 2.75) is 64.8 Å². The molecule has 1 amide bonds. The van der Waals surface area contributed by atoms with E-state index in [1.807, 2.05) is 48.7 Å². The maximum absolute atomic E-state index is 12.6. The first-order chi connectivity index (χ1) is 11.5. The van der Waals surface area contributed by atoms with Gasteiger partial charge in [0.05, 0.1) is 12.6 Å². The number of benzene rings is 1. The third-order valence-corrected chi connectivity index (χ3v) is 4.38. The first kappa shape index (κ1) is 19.6. The summed E-state index contributed by atoms with van der Waals surface area (Å²) in [5.41, 5.74) is 1.30. The van der Waals surface area contributed by atoms with Gasteiger partial charge in [0, 0.05) is 19.8 Å². The lowest BCUT2D eigenvalue weighted by atomic mass is 10.0. The summed E-state index contributed by atoms with van der Waals surface area (Å²) in [6.07, 6.45) is 1.45. The van der Waals surface area contributed by atoms with Crippen LogP contribution in [0.1, 0.15) is 46.6 Å². The Labute approximate surface area is 151 Å². The minimum absolute atomic E-state index is 0.0263. The van der Waals surface area contributed by atoms with Gasteiger partial charge in [-0.1, -0.05) is 12.1 Å². The molecule has 2 rings (SSSR count). The molecule has 25 heavy (non-hydrogen) atoms. The fourth-order valence-corrected chi connectivity index (χ4v) is 3.07. The number of hydrogen-bond acceptors (Lipinski definition) is 4. The van der Waals surface area contributed by atoms with Gasteiger partial charge >= 0.3 is 6.09 Å². The molecule has 1 saturated heterocycles. The van der Waals surface area contributed by atoms with Gasteiger partial charge in [-0.3, -0.25) is 4.90 Å². The molecule has 0 spiro atoms. The van der Waals surface area contributed by atoms with E-state index in [0.29, 0.717) is 6.61 Å². The molecule has 1 fully saturated rings. The fraction of sp³-hybridized carbons (Fsp3) is 0.650. The van der Waals surface area contributed by atoms with Gasteiger partial charge in [0.15, 0.2) is 0 Å². The van der Waals surface area contributed by atoms with Crippen LogP contribution in [-0.4, -0.2) is 49.1 Å². The van der Waals surface area contributed by atoms with Crippen molar-refractivity contribution in [1.82, 2.24) is 4.90 Å². The van der Waals surface area contributed by atoms with E-state index in [1.165, 1.54) is 11.3 Å². The van der Waals surface area contributed by atoms with Crippen LogP contribution in [0.15, 0.2) is 24.3 Å². The average molecular weight is 348 g/mol. The van der Waals surface area contributed by atoms with Crippen molar-refractivity contribution in [2.24, 2.45) is 0 Å². The quantitative estimate of drug-likeness (QED) is 0.823. The maximum atomic E-state index is 12.6. The molecule has 1 aliphatic heterocycles. The minimum Gasteiger partial charge on any atom is -0.444 e. The monoisotopic (exact) mass is 348 g/mol. The van der Waals surface area contributed by atoms with Gasteiger partial charge in [-0.05, 0) is 65.2 Å². The summed E-state index contributed by atoms with van der Waals surface area (Å²) in [5, 5.41) is 0. The van der Waals surface area contributed by atoms with Gasteiger partial charge in [-0.15, -0.1) is 0 Å². The SMILES string of the molecule is CN(C)c1ccc(CC[C@@H]2COC(C)(C)N2C(=O)OC(C)(C)C)cc1. The van der Waals surface area contributed by atoms with E-state index in [9.17, 15) is 4.79 Å². The summed E-state index contributed by atoms with van der Waals surface area (Å²) in [6, 6.07) is 8.56. The Morgan fingerprint density at radius 2 is 1.88 bits per heavy atom. The lowest BCUT2D eigenvalue weighted by Crippen LogP contribution is -2.49. The molecule has 1 aliphatic rings. The molecule has 1 atom stereocenters. The molecular formula is C20H32N2O3.